The summed E-state index contributed by atoms with van der Waals surface area (Å²) in [7, 11) is -2.01. The molecule has 0 saturated carbocycles. The van der Waals surface area contributed by atoms with Crippen LogP contribution in [0.15, 0.2) is 88.7 Å². The first-order chi connectivity index (χ1) is 18.7. The van der Waals surface area contributed by atoms with Gasteiger partial charge in [-0.1, -0.05) is 55.8 Å². The molecule has 8 nitrogen and oxygen atoms in total. The molecular formula is C30H32N4O4S. The summed E-state index contributed by atoms with van der Waals surface area (Å²) in [4.78, 5) is 27.0. The fourth-order valence-corrected chi connectivity index (χ4v) is 6.50. The fourth-order valence-electron chi connectivity index (χ4n) is 5.48. The van der Waals surface area contributed by atoms with Crippen LogP contribution in [-0.4, -0.2) is 28.0 Å². The Kier molecular flexibility index (Phi) is 7.18. The molecule has 1 atom stereocenters. The third-order valence-corrected chi connectivity index (χ3v) is 8.60. The van der Waals surface area contributed by atoms with Gasteiger partial charge in [0.15, 0.2) is 0 Å². The van der Waals surface area contributed by atoms with Crippen molar-refractivity contribution in [1.29, 1.82) is 0 Å². The molecule has 0 aliphatic rings. The van der Waals surface area contributed by atoms with Crippen molar-refractivity contribution in [2.24, 2.45) is 7.05 Å². The summed E-state index contributed by atoms with van der Waals surface area (Å²) >= 11 is 0. The van der Waals surface area contributed by atoms with Crippen LogP contribution >= 0.6 is 0 Å². The Morgan fingerprint density at radius 2 is 1.59 bits per heavy atom. The maximum absolute atomic E-state index is 14.0. The van der Waals surface area contributed by atoms with Crippen LogP contribution in [0.5, 0.6) is 0 Å². The number of rotatable bonds is 9. The summed E-state index contributed by atoms with van der Waals surface area (Å²) in [5.41, 5.74) is 4.54. The Balaban J connectivity index is 1.53. The van der Waals surface area contributed by atoms with E-state index in [2.05, 4.69) is 34.5 Å². The number of nitrogens with one attached hydrogen (secondary N) is 1. The zero-order valence-electron chi connectivity index (χ0n) is 22.3. The maximum atomic E-state index is 14.0. The Bertz CT molecular complexity index is 1830. The zero-order valence-corrected chi connectivity index (χ0v) is 23.1. The van der Waals surface area contributed by atoms with Crippen LogP contribution in [0.25, 0.3) is 21.9 Å². The van der Waals surface area contributed by atoms with Crippen molar-refractivity contribution in [3.05, 3.63) is 101 Å². The van der Waals surface area contributed by atoms with Gasteiger partial charge in [-0.25, -0.2) is 17.9 Å². The third kappa shape index (κ3) is 5.02. The molecule has 202 valence electrons. The second kappa shape index (κ2) is 10.6. The summed E-state index contributed by atoms with van der Waals surface area (Å²) in [5.74, 6) is -0.647. The third-order valence-electron chi connectivity index (χ3n) is 7.21. The van der Waals surface area contributed by atoms with Crippen LogP contribution in [0.1, 0.15) is 43.4 Å². The van der Waals surface area contributed by atoms with Gasteiger partial charge in [-0.05, 0) is 54.8 Å². The van der Waals surface area contributed by atoms with Gasteiger partial charge < -0.3 is 4.57 Å². The number of fused-ring (bicyclic) bond motifs is 2. The lowest BCUT2D eigenvalue weighted by molar-refractivity contribution is -0.120. The number of benzene rings is 3. The molecule has 0 saturated heterocycles. The Hall–Kier alpha value is -4.11. The smallest absolute Gasteiger partial charge is 0.329 e. The number of aromatic nitrogens is 3. The molecule has 5 rings (SSSR count). The van der Waals surface area contributed by atoms with Crippen molar-refractivity contribution < 1.29 is 13.2 Å². The minimum absolute atomic E-state index is 0.0181. The molecule has 3 aromatic carbocycles. The number of hydrogen-bond acceptors (Lipinski definition) is 4. The highest BCUT2D eigenvalue weighted by Gasteiger charge is 2.25. The van der Waals surface area contributed by atoms with E-state index in [9.17, 15) is 18.0 Å². The van der Waals surface area contributed by atoms with Gasteiger partial charge in [-0.2, -0.15) is 0 Å². The minimum atomic E-state index is -4.01. The molecule has 1 amide bonds. The zero-order chi connectivity index (χ0) is 27.7. The maximum Gasteiger partial charge on any atom is 0.329 e. The standard InChI is InChI=1S/C30H32N4O4S/c1-4-11-23(18-28(35)31-39(37,38)24-13-6-5-7-14-24)34-26-16-9-8-15-25(26)33(30(34)36)20-22-19-32(3)27-17-10-12-21(2)29(22)27/h5-10,12-17,19,23H,4,11,18,20H2,1-3H3,(H,31,35)/t23-/m0/s1. The number of para-hydroxylation sites is 2. The molecular weight excluding hydrogens is 512 g/mol. The van der Waals surface area contributed by atoms with Gasteiger partial charge in [0.2, 0.25) is 5.91 Å². The predicted molar refractivity (Wildman–Crippen MR) is 153 cm³/mol. The van der Waals surface area contributed by atoms with E-state index in [1.54, 1.807) is 27.3 Å². The largest absolute Gasteiger partial charge is 0.350 e. The second-order valence-corrected chi connectivity index (χ2v) is 11.6. The van der Waals surface area contributed by atoms with E-state index >= 15 is 0 Å². The molecule has 0 fully saturated rings. The van der Waals surface area contributed by atoms with Gasteiger partial charge in [-0.3, -0.25) is 13.9 Å². The van der Waals surface area contributed by atoms with E-state index < -0.39 is 22.0 Å². The lowest BCUT2D eigenvalue weighted by Gasteiger charge is -2.18. The number of aryl methyl sites for hydroxylation is 2. The molecule has 0 aliphatic carbocycles. The summed E-state index contributed by atoms with van der Waals surface area (Å²) in [5, 5.41) is 1.12. The lowest BCUT2D eigenvalue weighted by Crippen LogP contribution is -2.35. The molecule has 2 heterocycles. The molecule has 0 aliphatic heterocycles. The van der Waals surface area contributed by atoms with E-state index in [0.29, 0.717) is 13.0 Å². The number of amides is 1. The first-order valence-electron chi connectivity index (χ1n) is 13.0. The van der Waals surface area contributed by atoms with Crippen molar-refractivity contribution in [1.82, 2.24) is 18.4 Å². The Morgan fingerprint density at radius 1 is 0.923 bits per heavy atom. The number of carbonyl (C=O) groups excluding carboxylic acids is 1. The van der Waals surface area contributed by atoms with Gasteiger partial charge in [0, 0.05) is 36.6 Å². The van der Waals surface area contributed by atoms with Crippen LogP contribution in [0, 0.1) is 6.92 Å². The first kappa shape index (κ1) is 26.5. The summed E-state index contributed by atoms with van der Waals surface area (Å²) in [6, 6.07) is 21.0. The Morgan fingerprint density at radius 3 is 2.31 bits per heavy atom. The summed E-state index contributed by atoms with van der Waals surface area (Å²) < 4.78 is 33.1. The van der Waals surface area contributed by atoms with Crippen LogP contribution in [0.4, 0.5) is 0 Å². The molecule has 0 spiro atoms. The van der Waals surface area contributed by atoms with Gasteiger partial charge >= 0.3 is 5.69 Å². The van der Waals surface area contributed by atoms with Gasteiger partial charge in [-0.15, -0.1) is 0 Å². The fraction of sp³-hybridized carbons (Fsp3) is 0.267. The van der Waals surface area contributed by atoms with Crippen molar-refractivity contribution in [3.63, 3.8) is 0 Å². The number of nitrogens with zero attached hydrogens (tertiary/aromatic N) is 3. The monoisotopic (exact) mass is 544 g/mol. The summed E-state index contributed by atoms with van der Waals surface area (Å²) in [6.07, 6.45) is 3.18. The predicted octanol–water partition coefficient (Wildman–Crippen LogP) is 4.89. The van der Waals surface area contributed by atoms with Crippen LogP contribution in [0.2, 0.25) is 0 Å². The molecule has 0 radical (unpaired) electrons. The topological polar surface area (TPSA) is 95.1 Å². The highest BCUT2D eigenvalue weighted by atomic mass is 32.2. The van der Waals surface area contributed by atoms with E-state index in [1.807, 2.05) is 44.3 Å². The minimum Gasteiger partial charge on any atom is -0.350 e. The SMILES string of the molecule is CCC[C@@H](CC(=O)NS(=O)(=O)c1ccccc1)n1c(=O)n(Cc2cn(C)c3cccc(C)c23)c2ccccc21. The number of hydrogen-bond donors (Lipinski definition) is 1. The number of sulfonamides is 1. The molecule has 5 aromatic rings. The van der Waals surface area contributed by atoms with E-state index in [0.717, 1.165) is 39.5 Å². The second-order valence-electron chi connectivity index (χ2n) is 9.95. The van der Waals surface area contributed by atoms with Gasteiger partial charge in [0.1, 0.15) is 0 Å². The lowest BCUT2D eigenvalue weighted by atomic mass is 10.1. The van der Waals surface area contributed by atoms with Crippen molar-refractivity contribution in [2.45, 2.75) is 50.6 Å². The first-order valence-corrected chi connectivity index (χ1v) is 14.5. The van der Waals surface area contributed by atoms with Crippen LogP contribution in [-0.2, 0) is 28.4 Å². The summed E-state index contributed by atoms with van der Waals surface area (Å²) in [6.45, 7) is 4.42. The van der Waals surface area contributed by atoms with E-state index in [-0.39, 0.29) is 17.0 Å². The quantitative estimate of drug-likeness (QED) is 0.286. The number of imidazole rings is 1. The Labute approximate surface area is 227 Å². The van der Waals surface area contributed by atoms with E-state index in [4.69, 9.17) is 0 Å². The van der Waals surface area contributed by atoms with Gasteiger partial charge in [0.25, 0.3) is 10.0 Å². The van der Waals surface area contributed by atoms with Crippen molar-refractivity contribution in [2.75, 3.05) is 0 Å². The molecule has 39 heavy (non-hydrogen) atoms. The number of carbonyl (C=O) groups is 1. The van der Waals surface area contributed by atoms with Crippen molar-refractivity contribution in [3.8, 4) is 0 Å². The molecule has 0 bridgehead atoms. The molecule has 9 heteroatoms. The highest BCUT2D eigenvalue weighted by Crippen LogP contribution is 2.28. The average Bonchev–Trinajstić information content (AvgIpc) is 3.38. The van der Waals surface area contributed by atoms with E-state index in [1.165, 1.54) is 12.1 Å². The van der Waals surface area contributed by atoms with Crippen LogP contribution in [0.3, 0.4) is 0 Å². The van der Waals surface area contributed by atoms with Crippen molar-refractivity contribution >= 4 is 37.9 Å². The molecule has 0 unspecified atom stereocenters. The van der Waals surface area contributed by atoms with Crippen LogP contribution < -0.4 is 10.4 Å². The average molecular weight is 545 g/mol. The molecule has 2 aromatic heterocycles. The molecule has 1 N–H and O–H groups in total. The highest BCUT2D eigenvalue weighted by molar-refractivity contribution is 7.90. The van der Waals surface area contributed by atoms with Gasteiger partial charge in [0.05, 0.1) is 22.5 Å². The normalized spacial score (nSPS) is 12.7.